The molecular weight excluding hydrogens is 424 g/mol. The number of benzene rings is 1. The summed E-state index contributed by atoms with van der Waals surface area (Å²) in [5.74, 6) is -0.675. The summed E-state index contributed by atoms with van der Waals surface area (Å²) in [5, 5.41) is 7.14. The molecule has 1 heterocycles. The standard InChI is InChI=1S/C20H24N4O4S2/c1-24(2)19(26)16-12-21-20(29-16)22-18(25)17(23-28-14-6-4-5-7-14)13-8-10-15(11-9-13)30(3)27/h8-12,14H,4-7H2,1-3H3,(H,21,22,25)/b23-17+. The van der Waals surface area contributed by atoms with Crippen molar-refractivity contribution in [1.82, 2.24) is 9.88 Å². The zero-order valence-electron chi connectivity index (χ0n) is 17.1. The zero-order chi connectivity index (χ0) is 21.7. The summed E-state index contributed by atoms with van der Waals surface area (Å²) in [6, 6.07) is 6.77. The summed E-state index contributed by atoms with van der Waals surface area (Å²) in [7, 11) is 2.18. The quantitative estimate of drug-likeness (QED) is 0.518. The first-order chi connectivity index (χ1) is 14.3. The maximum Gasteiger partial charge on any atom is 0.280 e. The van der Waals surface area contributed by atoms with E-state index in [1.54, 1.807) is 44.6 Å². The number of hydrogen-bond donors (Lipinski definition) is 1. The highest BCUT2D eigenvalue weighted by molar-refractivity contribution is 7.84. The molecule has 1 aromatic carbocycles. The second-order valence-electron chi connectivity index (χ2n) is 7.11. The minimum absolute atomic E-state index is 0.000558. The number of anilines is 1. The minimum atomic E-state index is -1.12. The third kappa shape index (κ3) is 5.51. The predicted molar refractivity (Wildman–Crippen MR) is 117 cm³/mol. The van der Waals surface area contributed by atoms with Crippen LogP contribution in [0.3, 0.4) is 0 Å². The molecule has 10 heteroatoms. The van der Waals surface area contributed by atoms with Crippen LogP contribution in [0.5, 0.6) is 0 Å². The fourth-order valence-electron chi connectivity index (χ4n) is 2.96. The molecule has 1 aliphatic carbocycles. The molecule has 1 saturated carbocycles. The molecule has 0 radical (unpaired) electrons. The van der Waals surface area contributed by atoms with Crippen molar-refractivity contribution in [1.29, 1.82) is 0 Å². The van der Waals surface area contributed by atoms with Crippen LogP contribution in [0.1, 0.15) is 40.9 Å². The topological polar surface area (TPSA) is 101 Å². The Morgan fingerprint density at radius 1 is 1.23 bits per heavy atom. The van der Waals surface area contributed by atoms with Crippen molar-refractivity contribution in [3.63, 3.8) is 0 Å². The van der Waals surface area contributed by atoms with E-state index >= 15 is 0 Å². The van der Waals surface area contributed by atoms with Gasteiger partial charge in [-0.3, -0.25) is 19.1 Å². The van der Waals surface area contributed by atoms with Gasteiger partial charge in [-0.05, 0) is 37.8 Å². The molecule has 160 valence electrons. The SMILES string of the molecule is CN(C)C(=O)c1cnc(NC(=O)/C(=N/OC2CCCC2)c2ccc(S(C)=O)cc2)s1. The van der Waals surface area contributed by atoms with Crippen LogP contribution >= 0.6 is 11.3 Å². The van der Waals surface area contributed by atoms with Gasteiger partial charge in [-0.15, -0.1) is 0 Å². The molecular formula is C20H24N4O4S2. The molecule has 3 rings (SSSR count). The van der Waals surface area contributed by atoms with Gasteiger partial charge in [0.05, 0.1) is 6.20 Å². The predicted octanol–water partition coefficient (Wildman–Crippen LogP) is 2.88. The van der Waals surface area contributed by atoms with Gasteiger partial charge >= 0.3 is 0 Å². The second kappa shape index (κ2) is 9.94. The van der Waals surface area contributed by atoms with E-state index in [2.05, 4.69) is 15.5 Å². The van der Waals surface area contributed by atoms with Crippen LogP contribution in [-0.2, 0) is 20.4 Å². The maximum atomic E-state index is 12.9. The van der Waals surface area contributed by atoms with E-state index in [1.807, 2.05) is 0 Å². The molecule has 1 unspecified atom stereocenters. The van der Waals surface area contributed by atoms with Crippen molar-refractivity contribution in [3.05, 3.63) is 40.9 Å². The largest absolute Gasteiger partial charge is 0.392 e. The summed E-state index contributed by atoms with van der Waals surface area (Å²) < 4.78 is 11.6. The van der Waals surface area contributed by atoms with Crippen molar-refractivity contribution < 1.29 is 18.6 Å². The van der Waals surface area contributed by atoms with Crippen molar-refractivity contribution in [2.75, 3.05) is 25.7 Å². The number of nitrogens with zero attached hydrogens (tertiary/aromatic N) is 3. The van der Waals surface area contributed by atoms with Gasteiger partial charge in [-0.1, -0.05) is 28.6 Å². The highest BCUT2D eigenvalue weighted by atomic mass is 32.2. The van der Waals surface area contributed by atoms with Crippen LogP contribution in [0.2, 0.25) is 0 Å². The lowest BCUT2D eigenvalue weighted by atomic mass is 10.1. The van der Waals surface area contributed by atoms with E-state index in [9.17, 15) is 13.8 Å². The Hall–Kier alpha value is -2.59. The molecule has 8 nitrogen and oxygen atoms in total. The molecule has 0 bridgehead atoms. The number of rotatable bonds is 7. The van der Waals surface area contributed by atoms with E-state index in [-0.39, 0.29) is 17.7 Å². The van der Waals surface area contributed by atoms with Crippen molar-refractivity contribution in [2.24, 2.45) is 5.16 Å². The van der Waals surface area contributed by atoms with Crippen molar-refractivity contribution in [3.8, 4) is 0 Å². The number of nitrogens with one attached hydrogen (secondary N) is 1. The van der Waals surface area contributed by atoms with Crippen LogP contribution in [0.25, 0.3) is 0 Å². The monoisotopic (exact) mass is 448 g/mol. The fraction of sp³-hybridized carbons (Fsp3) is 0.400. The lowest BCUT2D eigenvalue weighted by Gasteiger charge is -2.10. The number of carbonyl (C=O) groups is 2. The summed E-state index contributed by atoms with van der Waals surface area (Å²) >= 11 is 1.09. The third-order valence-electron chi connectivity index (χ3n) is 4.61. The van der Waals surface area contributed by atoms with Gasteiger partial charge in [0.2, 0.25) is 0 Å². The van der Waals surface area contributed by atoms with E-state index in [0.29, 0.717) is 20.5 Å². The highest BCUT2D eigenvalue weighted by Gasteiger charge is 2.21. The van der Waals surface area contributed by atoms with Crippen LogP contribution in [-0.4, -0.2) is 58.1 Å². The van der Waals surface area contributed by atoms with Crippen LogP contribution in [0.15, 0.2) is 40.5 Å². The van der Waals surface area contributed by atoms with Gasteiger partial charge in [-0.2, -0.15) is 0 Å². The van der Waals surface area contributed by atoms with Gasteiger partial charge in [0.15, 0.2) is 10.8 Å². The molecule has 30 heavy (non-hydrogen) atoms. The van der Waals surface area contributed by atoms with Crippen LogP contribution < -0.4 is 5.32 Å². The first kappa shape index (κ1) is 22.1. The summed E-state index contributed by atoms with van der Waals surface area (Å²) in [6.45, 7) is 0. The smallest absolute Gasteiger partial charge is 0.280 e. The molecule has 1 N–H and O–H groups in total. The first-order valence-corrected chi connectivity index (χ1v) is 11.9. The molecule has 2 aromatic rings. The maximum absolute atomic E-state index is 12.9. The molecule has 1 aromatic heterocycles. The lowest BCUT2D eigenvalue weighted by Crippen LogP contribution is -2.25. The molecule has 1 fully saturated rings. The molecule has 0 aliphatic heterocycles. The summed E-state index contributed by atoms with van der Waals surface area (Å²) in [4.78, 5) is 37.2. The zero-order valence-corrected chi connectivity index (χ0v) is 18.7. The van der Waals surface area contributed by atoms with Crippen LogP contribution in [0.4, 0.5) is 5.13 Å². The third-order valence-corrected chi connectivity index (χ3v) is 6.45. The Labute approximate surface area is 181 Å². The lowest BCUT2D eigenvalue weighted by molar-refractivity contribution is -0.110. The van der Waals surface area contributed by atoms with E-state index < -0.39 is 16.7 Å². The van der Waals surface area contributed by atoms with Crippen molar-refractivity contribution >= 4 is 44.8 Å². The molecule has 2 amide bonds. The average molecular weight is 449 g/mol. The van der Waals surface area contributed by atoms with Gasteiger partial charge < -0.3 is 9.74 Å². The average Bonchev–Trinajstić information content (AvgIpc) is 3.40. The number of hydrogen-bond acceptors (Lipinski definition) is 7. The first-order valence-electron chi connectivity index (χ1n) is 9.51. The normalized spacial score (nSPS) is 15.6. The Kier molecular flexibility index (Phi) is 7.33. The minimum Gasteiger partial charge on any atom is -0.392 e. The fourth-order valence-corrected chi connectivity index (χ4v) is 4.31. The molecule has 1 aliphatic rings. The Bertz CT molecular complexity index is 963. The molecule has 1 atom stereocenters. The number of oxime groups is 1. The molecule has 0 saturated heterocycles. The van der Waals surface area contributed by atoms with Gasteiger partial charge in [0, 0.05) is 41.6 Å². The number of amides is 2. The highest BCUT2D eigenvalue weighted by Crippen LogP contribution is 2.22. The summed E-state index contributed by atoms with van der Waals surface area (Å²) in [5.41, 5.74) is 0.645. The van der Waals surface area contributed by atoms with Crippen molar-refractivity contribution in [2.45, 2.75) is 36.7 Å². The van der Waals surface area contributed by atoms with E-state index in [4.69, 9.17) is 4.84 Å². The van der Waals surface area contributed by atoms with Crippen LogP contribution in [0, 0.1) is 0 Å². The van der Waals surface area contributed by atoms with E-state index in [1.165, 1.54) is 11.1 Å². The van der Waals surface area contributed by atoms with Gasteiger partial charge in [0.25, 0.3) is 11.8 Å². The summed E-state index contributed by atoms with van der Waals surface area (Å²) in [6.07, 6.45) is 7.01. The number of aromatic nitrogens is 1. The number of thiazole rings is 1. The van der Waals surface area contributed by atoms with Gasteiger partial charge in [0.1, 0.15) is 11.0 Å². The Balaban J connectivity index is 1.81. The Morgan fingerprint density at radius 3 is 2.50 bits per heavy atom. The second-order valence-corrected chi connectivity index (χ2v) is 9.52. The Morgan fingerprint density at radius 2 is 1.90 bits per heavy atom. The van der Waals surface area contributed by atoms with E-state index in [0.717, 1.165) is 37.0 Å². The molecule has 0 spiro atoms. The van der Waals surface area contributed by atoms with Gasteiger partial charge in [-0.25, -0.2) is 4.98 Å². The number of carbonyl (C=O) groups excluding carboxylic acids is 2.